The van der Waals surface area contributed by atoms with Gasteiger partial charge in [-0.2, -0.15) is 0 Å². The first-order chi connectivity index (χ1) is 20.9. The van der Waals surface area contributed by atoms with E-state index >= 15 is 0 Å². The lowest BCUT2D eigenvalue weighted by atomic mass is 9.98. The second-order valence-corrected chi connectivity index (χ2v) is 11.6. The van der Waals surface area contributed by atoms with E-state index in [-0.39, 0.29) is 23.5 Å². The Morgan fingerprint density at radius 1 is 0.953 bits per heavy atom. The zero-order chi connectivity index (χ0) is 29.5. The molecule has 2 aliphatic heterocycles. The number of carbonyl (C=O) groups excluding carboxylic acids is 1. The average molecular weight is 581 g/mol. The van der Waals surface area contributed by atoms with Crippen LogP contribution in [0.15, 0.2) is 69.9 Å². The number of rotatable bonds is 6. The number of ether oxygens (including phenoxy) is 2. The lowest BCUT2D eigenvalue weighted by Gasteiger charge is -2.35. The smallest absolute Gasteiger partial charge is 0.225 e. The predicted octanol–water partition coefficient (Wildman–Crippen LogP) is 5.37. The molecule has 9 heteroatoms. The Labute approximate surface area is 249 Å². The van der Waals surface area contributed by atoms with Crippen molar-refractivity contribution in [2.75, 3.05) is 56.2 Å². The van der Waals surface area contributed by atoms with Gasteiger partial charge in [0.1, 0.15) is 17.0 Å². The molecular formula is C34H36N4O5. The highest BCUT2D eigenvalue weighted by Crippen LogP contribution is 2.41. The van der Waals surface area contributed by atoms with Gasteiger partial charge >= 0.3 is 0 Å². The first kappa shape index (κ1) is 27.6. The van der Waals surface area contributed by atoms with Crippen LogP contribution in [-0.4, -0.2) is 73.9 Å². The molecule has 0 spiro atoms. The van der Waals surface area contributed by atoms with Gasteiger partial charge in [0.05, 0.1) is 42.0 Å². The van der Waals surface area contributed by atoms with Gasteiger partial charge in [-0.15, -0.1) is 0 Å². The van der Waals surface area contributed by atoms with E-state index in [9.17, 15) is 9.59 Å². The summed E-state index contributed by atoms with van der Waals surface area (Å²) >= 11 is 0. The van der Waals surface area contributed by atoms with Crippen LogP contribution in [0.2, 0.25) is 0 Å². The van der Waals surface area contributed by atoms with Crippen LogP contribution in [-0.2, 0) is 14.3 Å². The average Bonchev–Trinajstić information content (AvgIpc) is 3.40. The molecule has 1 amide bonds. The number of pyridine rings is 1. The van der Waals surface area contributed by atoms with Crippen LogP contribution in [0.25, 0.3) is 44.0 Å². The summed E-state index contributed by atoms with van der Waals surface area (Å²) in [5.74, 6) is 0.734. The van der Waals surface area contributed by atoms with Gasteiger partial charge in [0.15, 0.2) is 5.43 Å². The van der Waals surface area contributed by atoms with Crippen LogP contribution in [0.3, 0.4) is 0 Å². The standard InChI is InChI=1S/C34H36N4O5/c1-21-19-37(20-22(2)42-21)13-12-31(40)35-27-11-10-24(34-32(27)26-6-3-4-9-29(26)43-34)23-7-5-8-25-28(39)18-30(36-33(23)25)38-14-16-41-17-15-38/h3-11,18,21-22H,12-17,19-20H2,1-2H3,(H,35,40)(H,36,39)/t21-,22+. The monoisotopic (exact) mass is 580 g/mol. The highest BCUT2D eigenvalue weighted by molar-refractivity contribution is 6.18. The Bertz CT molecular complexity index is 1860. The Kier molecular flexibility index (Phi) is 7.38. The van der Waals surface area contributed by atoms with Crippen LogP contribution in [0, 0.1) is 0 Å². The molecule has 2 N–H and O–H groups in total. The number of benzene rings is 3. The lowest BCUT2D eigenvalue weighted by molar-refractivity contribution is -0.117. The molecule has 0 aliphatic carbocycles. The molecule has 0 saturated carbocycles. The molecule has 2 fully saturated rings. The van der Waals surface area contributed by atoms with Crippen molar-refractivity contribution < 1.29 is 18.7 Å². The molecule has 5 aromatic rings. The Morgan fingerprint density at radius 3 is 2.53 bits per heavy atom. The number of hydrogen-bond acceptors (Lipinski definition) is 7. The molecule has 2 saturated heterocycles. The van der Waals surface area contributed by atoms with Crippen molar-refractivity contribution in [3.8, 4) is 11.1 Å². The molecule has 4 heterocycles. The number of nitrogens with zero attached hydrogens (tertiary/aromatic N) is 2. The van der Waals surface area contributed by atoms with E-state index in [0.29, 0.717) is 42.8 Å². The van der Waals surface area contributed by atoms with Crippen LogP contribution < -0.4 is 15.6 Å². The van der Waals surface area contributed by atoms with Crippen LogP contribution in [0.5, 0.6) is 0 Å². The molecule has 9 nitrogen and oxygen atoms in total. The largest absolute Gasteiger partial charge is 0.455 e. The minimum Gasteiger partial charge on any atom is -0.455 e. The number of anilines is 2. The van der Waals surface area contributed by atoms with Gasteiger partial charge in [-0.05, 0) is 38.1 Å². The van der Waals surface area contributed by atoms with Crippen LogP contribution in [0.1, 0.15) is 20.3 Å². The summed E-state index contributed by atoms with van der Waals surface area (Å²) in [5.41, 5.74) is 4.54. The first-order valence-electron chi connectivity index (χ1n) is 15.1. The zero-order valence-corrected chi connectivity index (χ0v) is 24.5. The number of H-pyrrole nitrogens is 1. The lowest BCUT2D eigenvalue weighted by Crippen LogP contribution is -2.46. The molecule has 0 radical (unpaired) electrons. The Balaban J connectivity index is 1.27. The maximum Gasteiger partial charge on any atom is 0.225 e. The third-order valence-electron chi connectivity index (χ3n) is 8.44. The van der Waals surface area contributed by atoms with Gasteiger partial charge in [0.2, 0.25) is 5.91 Å². The van der Waals surface area contributed by atoms with Gasteiger partial charge in [-0.1, -0.05) is 30.3 Å². The van der Waals surface area contributed by atoms with Gasteiger partial charge in [0, 0.05) is 67.1 Å². The quantitative estimate of drug-likeness (QED) is 0.279. The van der Waals surface area contributed by atoms with Crippen molar-refractivity contribution in [1.82, 2.24) is 9.88 Å². The summed E-state index contributed by atoms with van der Waals surface area (Å²) < 4.78 is 17.8. The van der Waals surface area contributed by atoms with Crippen LogP contribution >= 0.6 is 0 Å². The topological polar surface area (TPSA) is 100 Å². The molecule has 7 rings (SSSR count). The Hall–Kier alpha value is -4.18. The summed E-state index contributed by atoms with van der Waals surface area (Å²) in [4.78, 5) is 34.5. The van der Waals surface area contributed by atoms with Crippen molar-refractivity contribution in [3.63, 3.8) is 0 Å². The van der Waals surface area contributed by atoms with E-state index in [1.54, 1.807) is 6.07 Å². The molecule has 222 valence electrons. The number of aromatic nitrogens is 1. The summed E-state index contributed by atoms with van der Waals surface area (Å²) in [6.07, 6.45) is 0.698. The molecule has 0 unspecified atom stereocenters. The van der Waals surface area contributed by atoms with E-state index in [1.807, 2.05) is 54.6 Å². The number of fused-ring (bicyclic) bond motifs is 4. The van der Waals surface area contributed by atoms with Crippen molar-refractivity contribution in [3.05, 3.63) is 70.9 Å². The fourth-order valence-corrected chi connectivity index (χ4v) is 6.54. The number of carbonyl (C=O) groups is 1. The molecule has 3 aromatic carbocycles. The SMILES string of the molecule is C[C@@H]1CN(CCC(=O)Nc2ccc(-c3cccc4c(=O)cc(N5CCOCC5)[nH]c34)c3oc4ccccc4c23)C[C@H](C)O1. The van der Waals surface area contributed by atoms with Gasteiger partial charge in [-0.25, -0.2) is 0 Å². The second-order valence-electron chi connectivity index (χ2n) is 11.6. The van der Waals surface area contributed by atoms with Crippen molar-refractivity contribution in [2.45, 2.75) is 32.5 Å². The Morgan fingerprint density at radius 2 is 1.72 bits per heavy atom. The number of amides is 1. The van der Waals surface area contributed by atoms with Crippen molar-refractivity contribution >= 4 is 50.3 Å². The molecule has 2 aliphatic rings. The number of furan rings is 1. The van der Waals surface area contributed by atoms with Crippen molar-refractivity contribution in [1.29, 1.82) is 0 Å². The minimum atomic E-state index is -0.0456. The van der Waals surface area contributed by atoms with Gasteiger partial charge in [-0.3, -0.25) is 14.5 Å². The maximum absolute atomic E-state index is 13.3. The molecule has 2 aromatic heterocycles. The van der Waals surface area contributed by atoms with E-state index in [1.165, 1.54) is 0 Å². The number of morpholine rings is 2. The molecular weight excluding hydrogens is 544 g/mol. The summed E-state index contributed by atoms with van der Waals surface area (Å²) in [7, 11) is 0. The number of hydrogen-bond donors (Lipinski definition) is 2. The fraction of sp³-hybridized carbons (Fsp3) is 0.353. The summed E-state index contributed by atoms with van der Waals surface area (Å²) in [6.45, 7) is 9.14. The summed E-state index contributed by atoms with van der Waals surface area (Å²) in [6, 6.07) is 19.2. The van der Waals surface area contributed by atoms with Gasteiger partial charge < -0.3 is 29.1 Å². The fourth-order valence-electron chi connectivity index (χ4n) is 6.54. The minimum absolute atomic E-state index is 0.0362. The van der Waals surface area contributed by atoms with Gasteiger partial charge in [0.25, 0.3) is 0 Å². The predicted molar refractivity (Wildman–Crippen MR) is 170 cm³/mol. The third kappa shape index (κ3) is 5.40. The van der Waals surface area contributed by atoms with Crippen molar-refractivity contribution in [2.24, 2.45) is 0 Å². The zero-order valence-electron chi connectivity index (χ0n) is 24.5. The molecule has 0 bridgehead atoms. The summed E-state index contributed by atoms with van der Waals surface area (Å²) in [5, 5.41) is 5.55. The maximum atomic E-state index is 13.3. The normalized spacial score (nSPS) is 19.8. The number of aromatic amines is 1. The number of nitrogens with one attached hydrogen (secondary N) is 2. The van der Waals surface area contributed by atoms with Crippen LogP contribution in [0.4, 0.5) is 11.5 Å². The van der Waals surface area contributed by atoms with E-state index in [2.05, 4.69) is 33.9 Å². The molecule has 2 atom stereocenters. The number of para-hydroxylation sites is 2. The van der Waals surface area contributed by atoms with E-state index < -0.39 is 0 Å². The first-order valence-corrected chi connectivity index (χ1v) is 15.1. The van der Waals surface area contributed by atoms with E-state index in [0.717, 1.165) is 65.0 Å². The second kappa shape index (κ2) is 11.5. The third-order valence-corrected chi connectivity index (χ3v) is 8.44. The highest BCUT2D eigenvalue weighted by Gasteiger charge is 2.24. The molecule has 43 heavy (non-hydrogen) atoms. The van der Waals surface area contributed by atoms with E-state index in [4.69, 9.17) is 13.9 Å². The highest BCUT2D eigenvalue weighted by atomic mass is 16.5.